The molecule has 0 radical (unpaired) electrons. The highest BCUT2D eigenvalue weighted by Crippen LogP contribution is 2.23. The lowest BCUT2D eigenvalue weighted by atomic mass is 10.1. The number of hydrogen-bond donors (Lipinski definition) is 1. The Bertz CT molecular complexity index is 842. The largest absolute Gasteiger partial charge is 0.496 e. The molecule has 3 aromatic rings. The molecule has 0 bridgehead atoms. The van der Waals surface area contributed by atoms with Gasteiger partial charge in [-0.2, -0.15) is 4.98 Å². The minimum Gasteiger partial charge on any atom is -0.496 e. The van der Waals surface area contributed by atoms with E-state index in [1.807, 2.05) is 18.2 Å². The van der Waals surface area contributed by atoms with Gasteiger partial charge in [-0.15, -0.1) is 0 Å². The Labute approximate surface area is 133 Å². The van der Waals surface area contributed by atoms with Gasteiger partial charge in [0.15, 0.2) is 5.82 Å². The molecular formula is C17H15N3O3. The van der Waals surface area contributed by atoms with Crippen molar-refractivity contribution >= 4 is 11.6 Å². The molecule has 0 aliphatic heterocycles. The van der Waals surface area contributed by atoms with E-state index < -0.39 is 0 Å². The van der Waals surface area contributed by atoms with Crippen molar-refractivity contribution in [3.63, 3.8) is 0 Å². The Morgan fingerprint density at radius 3 is 2.74 bits per heavy atom. The summed E-state index contributed by atoms with van der Waals surface area (Å²) in [4.78, 5) is 16.6. The van der Waals surface area contributed by atoms with Gasteiger partial charge < -0.3 is 14.6 Å². The SMILES string of the molecule is COc1ccccc1C(=O)Nc1cccc(-c2nc(C)no2)c1. The van der Waals surface area contributed by atoms with Crippen molar-refractivity contribution in [3.8, 4) is 17.2 Å². The van der Waals surface area contributed by atoms with Crippen LogP contribution in [0.4, 0.5) is 5.69 Å². The van der Waals surface area contributed by atoms with Gasteiger partial charge in [0.2, 0.25) is 0 Å². The van der Waals surface area contributed by atoms with Crippen LogP contribution in [0.25, 0.3) is 11.5 Å². The third-order valence-electron chi connectivity index (χ3n) is 3.25. The molecule has 3 rings (SSSR count). The first kappa shape index (κ1) is 14.8. The molecule has 1 aromatic heterocycles. The molecule has 0 atom stereocenters. The van der Waals surface area contributed by atoms with Crippen LogP contribution in [-0.4, -0.2) is 23.2 Å². The van der Waals surface area contributed by atoms with E-state index in [1.54, 1.807) is 37.3 Å². The summed E-state index contributed by atoms with van der Waals surface area (Å²) >= 11 is 0. The summed E-state index contributed by atoms with van der Waals surface area (Å²) in [5, 5.41) is 6.60. The molecule has 0 saturated heterocycles. The van der Waals surface area contributed by atoms with Crippen molar-refractivity contribution in [3.05, 3.63) is 59.9 Å². The van der Waals surface area contributed by atoms with E-state index in [-0.39, 0.29) is 5.91 Å². The summed E-state index contributed by atoms with van der Waals surface area (Å²) in [5.41, 5.74) is 1.84. The van der Waals surface area contributed by atoms with Gasteiger partial charge in [-0.05, 0) is 37.3 Å². The predicted molar refractivity (Wildman–Crippen MR) is 85.4 cm³/mol. The fourth-order valence-electron chi connectivity index (χ4n) is 2.17. The molecule has 0 unspecified atom stereocenters. The number of aryl methyl sites for hydroxylation is 1. The van der Waals surface area contributed by atoms with Gasteiger partial charge in [0.05, 0.1) is 12.7 Å². The number of hydrogen-bond acceptors (Lipinski definition) is 5. The number of carbonyl (C=O) groups is 1. The quantitative estimate of drug-likeness (QED) is 0.800. The zero-order valence-corrected chi connectivity index (χ0v) is 12.7. The Morgan fingerprint density at radius 2 is 2.00 bits per heavy atom. The van der Waals surface area contributed by atoms with Crippen molar-refractivity contribution in [1.29, 1.82) is 0 Å². The van der Waals surface area contributed by atoms with E-state index >= 15 is 0 Å². The maximum absolute atomic E-state index is 12.4. The van der Waals surface area contributed by atoms with Crippen molar-refractivity contribution in [2.45, 2.75) is 6.92 Å². The lowest BCUT2D eigenvalue weighted by molar-refractivity contribution is 0.102. The predicted octanol–water partition coefficient (Wildman–Crippen LogP) is 3.31. The van der Waals surface area contributed by atoms with Gasteiger partial charge >= 0.3 is 0 Å². The van der Waals surface area contributed by atoms with Crippen LogP contribution in [0.3, 0.4) is 0 Å². The molecule has 0 saturated carbocycles. The second-order valence-corrected chi connectivity index (χ2v) is 4.88. The van der Waals surface area contributed by atoms with Crippen molar-refractivity contribution < 1.29 is 14.1 Å². The van der Waals surface area contributed by atoms with E-state index in [0.29, 0.717) is 28.7 Å². The van der Waals surface area contributed by atoms with Crippen LogP contribution in [-0.2, 0) is 0 Å². The van der Waals surface area contributed by atoms with Crippen molar-refractivity contribution in [2.24, 2.45) is 0 Å². The number of methoxy groups -OCH3 is 1. The second kappa shape index (κ2) is 6.31. The minimum atomic E-state index is -0.249. The first-order valence-electron chi connectivity index (χ1n) is 7.02. The minimum absolute atomic E-state index is 0.249. The molecule has 2 aromatic carbocycles. The van der Waals surface area contributed by atoms with Crippen LogP contribution in [0.1, 0.15) is 16.2 Å². The van der Waals surface area contributed by atoms with Crippen molar-refractivity contribution in [2.75, 3.05) is 12.4 Å². The normalized spacial score (nSPS) is 10.3. The Kier molecular flexibility index (Phi) is 4.05. The van der Waals surface area contributed by atoms with Crippen LogP contribution in [0.15, 0.2) is 53.1 Å². The van der Waals surface area contributed by atoms with Crippen molar-refractivity contribution in [1.82, 2.24) is 10.1 Å². The lowest BCUT2D eigenvalue weighted by Crippen LogP contribution is -2.13. The van der Waals surface area contributed by atoms with Crippen LogP contribution in [0, 0.1) is 6.92 Å². The van der Waals surface area contributed by atoms with E-state index in [0.717, 1.165) is 5.56 Å². The second-order valence-electron chi connectivity index (χ2n) is 4.88. The highest BCUT2D eigenvalue weighted by molar-refractivity contribution is 6.06. The van der Waals surface area contributed by atoms with E-state index in [2.05, 4.69) is 15.5 Å². The third-order valence-corrected chi connectivity index (χ3v) is 3.25. The summed E-state index contributed by atoms with van der Waals surface area (Å²) < 4.78 is 10.3. The molecule has 23 heavy (non-hydrogen) atoms. The molecule has 1 N–H and O–H groups in total. The molecule has 0 fully saturated rings. The average Bonchev–Trinajstić information content (AvgIpc) is 3.01. The molecule has 1 heterocycles. The van der Waals surface area contributed by atoms with Crippen LogP contribution >= 0.6 is 0 Å². The maximum atomic E-state index is 12.4. The van der Waals surface area contributed by atoms with Crippen LogP contribution in [0.5, 0.6) is 5.75 Å². The van der Waals surface area contributed by atoms with Gasteiger partial charge in [-0.3, -0.25) is 4.79 Å². The Balaban J connectivity index is 1.84. The number of aromatic nitrogens is 2. The van der Waals surface area contributed by atoms with E-state index in [9.17, 15) is 4.79 Å². The summed E-state index contributed by atoms with van der Waals surface area (Å²) in [6.45, 7) is 1.75. The zero-order chi connectivity index (χ0) is 16.2. The average molecular weight is 309 g/mol. The number of nitrogens with one attached hydrogen (secondary N) is 1. The molecule has 116 valence electrons. The van der Waals surface area contributed by atoms with Gasteiger partial charge in [-0.25, -0.2) is 0 Å². The number of benzene rings is 2. The molecule has 6 heteroatoms. The van der Waals surface area contributed by atoms with Gasteiger partial charge in [0.25, 0.3) is 11.8 Å². The Morgan fingerprint density at radius 1 is 1.17 bits per heavy atom. The Hall–Kier alpha value is -3.15. The smallest absolute Gasteiger partial charge is 0.259 e. The number of carbonyl (C=O) groups excluding carboxylic acids is 1. The zero-order valence-electron chi connectivity index (χ0n) is 12.7. The number of para-hydroxylation sites is 1. The van der Waals surface area contributed by atoms with Gasteiger partial charge in [0.1, 0.15) is 5.75 Å². The molecule has 1 amide bonds. The first-order chi connectivity index (χ1) is 11.2. The van der Waals surface area contributed by atoms with Gasteiger partial charge in [0, 0.05) is 11.3 Å². The third kappa shape index (κ3) is 3.21. The highest BCUT2D eigenvalue weighted by Gasteiger charge is 2.13. The maximum Gasteiger partial charge on any atom is 0.259 e. The molecule has 0 aliphatic carbocycles. The topological polar surface area (TPSA) is 77.2 Å². The van der Waals surface area contributed by atoms with Crippen LogP contribution < -0.4 is 10.1 Å². The van der Waals surface area contributed by atoms with Crippen LogP contribution in [0.2, 0.25) is 0 Å². The fourth-order valence-corrected chi connectivity index (χ4v) is 2.17. The number of nitrogens with zero attached hydrogens (tertiary/aromatic N) is 2. The number of anilines is 1. The lowest BCUT2D eigenvalue weighted by Gasteiger charge is -2.09. The summed E-state index contributed by atoms with van der Waals surface area (Å²) in [7, 11) is 1.53. The molecule has 0 spiro atoms. The summed E-state index contributed by atoms with van der Waals surface area (Å²) in [6, 6.07) is 14.3. The standard InChI is InChI=1S/C17H15N3O3/c1-11-18-17(23-20-11)12-6-5-7-13(10-12)19-16(21)14-8-3-4-9-15(14)22-2/h3-10H,1-2H3,(H,19,21). The molecule has 6 nitrogen and oxygen atoms in total. The number of amides is 1. The monoisotopic (exact) mass is 309 g/mol. The first-order valence-corrected chi connectivity index (χ1v) is 7.02. The number of rotatable bonds is 4. The molecular weight excluding hydrogens is 294 g/mol. The van der Waals surface area contributed by atoms with E-state index in [4.69, 9.17) is 9.26 Å². The highest BCUT2D eigenvalue weighted by atomic mass is 16.5. The van der Waals surface area contributed by atoms with E-state index in [1.165, 1.54) is 7.11 Å². The molecule has 0 aliphatic rings. The summed E-state index contributed by atoms with van der Waals surface area (Å²) in [6.07, 6.45) is 0. The fraction of sp³-hybridized carbons (Fsp3) is 0.118. The van der Waals surface area contributed by atoms with Gasteiger partial charge in [-0.1, -0.05) is 23.4 Å². The number of ether oxygens (including phenoxy) is 1. The summed E-state index contributed by atoms with van der Waals surface area (Å²) in [5.74, 6) is 1.24.